The van der Waals surface area contributed by atoms with Crippen LogP contribution in [0.3, 0.4) is 0 Å². The van der Waals surface area contributed by atoms with Crippen LogP contribution in [0.15, 0.2) is 29.4 Å². The molecule has 0 unspecified atom stereocenters. The van der Waals surface area contributed by atoms with Crippen LogP contribution in [-0.2, 0) is 0 Å². The van der Waals surface area contributed by atoms with Crippen LogP contribution in [-0.4, -0.2) is 31.4 Å². The molecule has 2 rings (SSSR count). The molecule has 0 amide bonds. The Hall–Kier alpha value is -2.44. The summed E-state index contributed by atoms with van der Waals surface area (Å²) in [7, 11) is 0. The fourth-order valence-corrected chi connectivity index (χ4v) is 1.18. The molecule has 0 aliphatic rings. The van der Waals surface area contributed by atoms with Crippen molar-refractivity contribution in [1.29, 1.82) is 0 Å². The predicted octanol–water partition coefficient (Wildman–Crippen LogP) is 0.741. The van der Waals surface area contributed by atoms with Crippen molar-refractivity contribution in [2.45, 2.75) is 6.92 Å². The minimum atomic E-state index is 0.179. The number of rotatable bonds is 3. The molecule has 82 valence electrons. The number of phenols is 1. The maximum absolute atomic E-state index is 9.58. The van der Waals surface area contributed by atoms with E-state index in [1.807, 2.05) is 6.07 Å². The molecule has 0 radical (unpaired) electrons. The van der Waals surface area contributed by atoms with Crippen LogP contribution in [0.5, 0.6) is 5.75 Å². The van der Waals surface area contributed by atoms with Gasteiger partial charge in [0.1, 0.15) is 5.75 Å². The molecule has 3 N–H and O–H groups in total. The van der Waals surface area contributed by atoms with Gasteiger partial charge in [0.05, 0.1) is 5.71 Å². The van der Waals surface area contributed by atoms with Crippen molar-refractivity contribution in [2.75, 3.05) is 5.43 Å². The largest absolute Gasteiger partial charge is 0.507 e. The zero-order chi connectivity index (χ0) is 11.4. The summed E-state index contributed by atoms with van der Waals surface area (Å²) >= 11 is 0. The van der Waals surface area contributed by atoms with Gasteiger partial charge in [0.15, 0.2) is 0 Å². The molecule has 7 nitrogen and oxygen atoms in total. The van der Waals surface area contributed by atoms with Crippen molar-refractivity contribution < 1.29 is 5.11 Å². The summed E-state index contributed by atoms with van der Waals surface area (Å²) in [5.74, 6) is 0.452. The van der Waals surface area contributed by atoms with Gasteiger partial charge in [-0.15, -0.1) is 5.10 Å². The second-order valence-corrected chi connectivity index (χ2v) is 3.06. The van der Waals surface area contributed by atoms with E-state index in [-0.39, 0.29) is 11.7 Å². The van der Waals surface area contributed by atoms with Gasteiger partial charge >= 0.3 is 0 Å². The van der Waals surface area contributed by atoms with Gasteiger partial charge in [0.25, 0.3) is 5.95 Å². The molecular weight excluding hydrogens is 208 g/mol. The highest BCUT2D eigenvalue weighted by Gasteiger charge is 2.03. The Bertz CT molecular complexity index is 492. The number of aromatic hydroxyl groups is 1. The fraction of sp³-hybridized carbons (Fsp3) is 0.111. The van der Waals surface area contributed by atoms with Crippen molar-refractivity contribution in [2.24, 2.45) is 5.10 Å². The first-order valence-electron chi connectivity index (χ1n) is 4.59. The van der Waals surface area contributed by atoms with Gasteiger partial charge in [-0.25, -0.2) is 5.43 Å². The minimum Gasteiger partial charge on any atom is -0.507 e. The standard InChI is InChI=1S/C9H10N6O/c1-6(7-4-2-3-5-8(7)16)10-11-9-12-14-15-13-9/h2-5,16H,1H3,(H2,11,12,13,14,15)/b10-6+. The predicted molar refractivity (Wildman–Crippen MR) is 58.1 cm³/mol. The highest BCUT2D eigenvalue weighted by Crippen LogP contribution is 2.16. The molecule has 7 heteroatoms. The number of phenolic OH excluding ortho intramolecular Hbond substituents is 1. The number of nitrogens with zero attached hydrogens (tertiary/aromatic N) is 4. The van der Waals surface area contributed by atoms with Gasteiger partial charge in [-0.2, -0.15) is 10.3 Å². The van der Waals surface area contributed by atoms with E-state index >= 15 is 0 Å². The SMILES string of the molecule is C/C(=N\Nc1nn[nH]n1)c1ccccc1O. The van der Waals surface area contributed by atoms with E-state index in [9.17, 15) is 5.11 Å². The summed E-state index contributed by atoms with van der Waals surface area (Å²) < 4.78 is 0. The van der Waals surface area contributed by atoms with Crippen LogP contribution in [0.1, 0.15) is 12.5 Å². The third-order valence-corrected chi connectivity index (χ3v) is 1.96. The highest BCUT2D eigenvalue weighted by molar-refractivity contribution is 6.01. The highest BCUT2D eigenvalue weighted by atomic mass is 16.3. The number of aromatic nitrogens is 4. The second-order valence-electron chi connectivity index (χ2n) is 3.06. The Morgan fingerprint density at radius 3 is 2.94 bits per heavy atom. The summed E-state index contributed by atoms with van der Waals surface area (Å²) in [6.07, 6.45) is 0. The number of para-hydroxylation sites is 1. The summed E-state index contributed by atoms with van der Waals surface area (Å²) in [4.78, 5) is 0. The normalized spacial score (nSPS) is 11.4. The quantitative estimate of drug-likeness (QED) is 0.521. The van der Waals surface area contributed by atoms with E-state index in [0.29, 0.717) is 11.3 Å². The number of anilines is 1. The topological polar surface area (TPSA) is 99.1 Å². The van der Waals surface area contributed by atoms with E-state index in [0.717, 1.165) is 0 Å². The summed E-state index contributed by atoms with van der Waals surface area (Å²) in [5, 5.41) is 26.6. The third kappa shape index (κ3) is 2.14. The number of hydrazone groups is 1. The molecule has 0 fully saturated rings. The van der Waals surface area contributed by atoms with Crippen LogP contribution in [0.2, 0.25) is 0 Å². The zero-order valence-electron chi connectivity index (χ0n) is 8.55. The first-order chi connectivity index (χ1) is 7.77. The summed E-state index contributed by atoms with van der Waals surface area (Å²) in [5.41, 5.74) is 3.89. The van der Waals surface area contributed by atoms with Crippen LogP contribution in [0.25, 0.3) is 0 Å². The number of nitrogens with one attached hydrogen (secondary N) is 2. The first-order valence-corrected chi connectivity index (χ1v) is 4.59. The Labute approximate surface area is 91.2 Å². The van der Waals surface area contributed by atoms with Crippen molar-refractivity contribution in [3.8, 4) is 5.75 Å². The van der Waals surface area contributed by atoms with E-state index in [2.05, 4.69) is 31.2 Å². The monoisotopic (exact) mass is 218 g/mol. The van der Waals surface area contributed by atoms with Crippen LogP contribution >= 0.6 is 0 Å². The number of hydrogen-bond acceptors (Lipinski definition) is 6. The maximum atomic E-state index is 9.58. The van der Waals surface area contributed by atoms with Gasteiger partial charge in [0, 0.05) is 5.56 Å². The Morgan fingerprint density at radius 1 is 1.44 bits per heavy atom. The maximum Gasteiger partial charge on any atom is 0.283 e. The number of aromatic amines is 1. The average molecular weight is 218 g/mol. The number of tetrazole rings is 1. The zero-order valence-corrected chi connectivity index (χ0v) is 8.55. The molecule has 0 spiro atoms. The molecular formula is C9H10N6O. The van der Waals surface area contributed by atoms with E-state index < -0.39 is 0 Å². The summed E-state index contributed by atoms with van der Waals surface area (Å²) in [6, 6.07) is 6.94. The third-order valence-electron chi connectivity index (χ3n) is 1.96. The number of benzene rings is 1. The molecule has 0 bridgehead atoms. The van der Waals surface area contributed by atoms with Gasteiger partial charge in [-0.3, -0.25) is 0 Å². The van der Waals surface area contributed by atoms with Gasteiger partial charge in [-0.05, 0) is 24.3 Å². The molecule has 1 aromatic heterocycles. The van der Waals surface area contributed by atoms with Crippen molar-refractivity contribution in [3.63, 3.8) is 0 Å². The number of hydrogen-bond donors (Lipinski definition) is 3. The molecule has 0 aliphatic heterocycles. The minimum absolute atomic E-state index is 0.179. The molecule has 2 aromatic rings. The lowest BCUT2D eigenvalue weighted by Gasteiger charge is -2.02. The molecule has 1 heterocycles. The first kappa shape index (κ1) is 10.1. The molecule has 0 saturated heterocycles. The van der Waals surface area contributed by atoms with Crippen LogP contribution in [0.4, 0.5) is 5.95 Å². The Balaban J connectivity index is 2.16. The molecule has 1 aromatic carbocycles. The van der Waals surface area contributed by atoms with Crippen molar-refractivity contribution >= 4 is 11.7 Å². The van der Waals surface area contributed by atoms with Gasteiger partial charge < -0.3 is 5.11 Å². The lowest BCUT2D eigenvalue weighted by molar-refractivity contribution is 0.474. The molecule has 0 atom stereocenters. The average Bonchev–Trinajstić information content (AvgIpc) is 2.79. The molecule has 0 aliphatic carbocycles. The Kier molecular flexibility index (Phi) is 2.77. The number of H-pyrrole nitrogens is 1. The summed E-state index contributed by atoms with van der Waals surface area (Å²) in [6.45, 7) is 1.77. The second kappa shape index (κ2) is 4.39. The van der Waals surface area contributed by atoms with Gasteiger partial charge in [0.2, 0.25) is 0 Å². The lowest BCUT2D eigenvalue weighted by atomic mass is 10.1. The van der Waals surface area contributed by atoms with Crippen molar-refractivity contribution in [3.05, 3.63) is 29.8 Å². The smallest absolute Gasteiger partial charge is 0.283 e. The van der Waals surface area contributed by atoms with Crippen LogP contribution < -0.4 is 5.43 Å². The Morgan fingerprint density at radius 2 is 2.25 bits per heavy atom. The van der Waals surface area contributed by atoms with E-state index in [1.54, 1.807) is 25.1 Å². The van der Waals surface area contributed by atoms with E-state index in [4.69, 9.17) is 0 Å². The van der Waals surface area contributed by atoms with Crippen molar-refractivity contribution in [1.82, 2.24) is 20.6 Å². The molecule has 0 saturated carbocycles. The van der Waals surface area contributed by atoms with Crippen LogP contribution in [0, 0.1) is 0 Å². The molecule has 16 heavy (non-hydrogen) atoms. The van der Waals surface area contributed by atoms with E-state index in [1.165, 1.54) is 0 Å². The fourth-order valence-electron chi connectivity index (χ4n) is 1.18. The lowest BCUT2D eigenvalue weighted by Crippen LogP contribution is -2.00. The van der Waals surface area contributed by atoms with Gasteiger partial charge in [-0.1, -0.05) is 17.2 Å².